The highest BCUT2D eigenvalue weighted by molar-refractivity contribution is 7.89. The zero-order valence-electron chi connectivity index (χ0n) is 11.7. The van der Waals surface area contributed by atoms with E-state index in [4.69, 9.17) is 10.5 Å². The molecule has 0 bridgehead atoms. The molecule has 2 heterocycles. The molecule has 1 aromatic rings. The number of morpholine rings is 1. The van der Waals surface area contributed by atoms with Crippen LogP contribution in [-0.2, 0) is 28.4 Å². The topological polar surface area (TPSA) is 89.6 Å². The number of hydrogen-bond acceptors (Lipinski definition) is 5. The lowest BCUT2D eigenvalue weighted by Gasteiger charge is -2.26. The summed E-state index contributed by atoms with van der Waals surface area (Å²) >= 11 is 0. The van der Waals surface area contributed by atoms with Crippen molar-refractivity contribution in [2.45, 2.75) is 11.4 Å². The molecule has 0 amide bonds. The van der Waals surface area contributed by atoms with Crippen LogP contribution in [0.1, 0.15) is 5.69 Å². The van der Waals surface area contributed by atoms with Crippen molar-refractivity contribution in [3.05, 3.63) is 18.0 Å². The zero-order valence-corrected chi connectivity index (χ0v) is 12.5. The molecule has 1 aliphatic rings. The number of hydrogen-bond donors (Lipinski definition) is 2. The Kier molecular flexibility index (Phi) is 5.17. The van der Waals surface area contributed by atoms with Gasteiger partial charge in [0.05, 0.1) is 18.1 Å². The Morgan fingerprint density at radius 3 is 2.70 bits per heavy atom. The predicted molar refractivity (Wildman–Crippen MR) is 75.8 cm³/mol. The number of nitrogens with one attached hydrogen (secondary N) is 1. The Balaban J connectivity index is 1.89. The molecule has 1 aromatic heterocycles. The number of ether oxygens (including phenoxy) is 1. The number of aryl methyl sites for hydroxylation is 1. The molecule has 1 saturated heterocycles. The first-order valence-electron chi connectivity index (χ1n) is 6.68. The lowest BCUT2D eigenvalue weighted by atomic mass is 10.4. The second-order valence-corrected chi connectivity index (χ2v) is 6.60. The van der Waals surface area contributed by atoms with E-state index in [2.05, 4.69) is 9.62 Å². The second-order valence-electron chi connectivity index (χ2n) is 4.83. The molecule has 0 unspecified atom stereocenters. The molecule has 114 valence electrons. The number of sulfonamides is 1. The highest BCUT2D eigenvalue weighted by atomic mass is 32.2. The van der Waals surface area contributed by atoms with Gasteiger partial charge in [-0.2, -0.15) is 0 Å². The molecule has 2 rings (SSSR count). The number of nitrogens with two attached hydrogens (primary N) is 1. The number of rotatable bonds is 6. The third-order valence-electron chi connectivity index (χ3n) is 3.43. The Labute approximate surface area is 119 Å². The first-order valence-corrected chi connectivity index (χ1v) is 8.16. The smallest absolute Gasteiger partial charge is 0.242 e. The number of nitrogens with zero attached hydrogens (tertiary/aromatic N) is 2. The maximum Gasteiger partial charge on any atom is 0.242 e. The normalized spacial score (nSPS) is 17.5. The quantitative estimate of drug-likeness (QED) is 0.710. The lowest BCUT2D eigenvalue weighted by Crippen LogP contribution is -2.41. The Morgan fingerprint density at radius 1 is 1.40 bits per heavy atom. The van der Waals surface area contributed by atoms with Crippen LogP contribution in [0.2, 0.25) is 0 Å². The van der Waals surface area contributed by atoms with E-state index in [0.29, 0.717) is 32.8 Å². The van der Waals surface area contributed by atoms with E-state index in [1.807, 2.05) is 0 Å². The van der Waals surface area contributed by atoms with E-state index < -0.39 is 10.0 Å². The molecule has 0 spiro atoms. The average molecular weight is 302 g/mol. The van der Waals surface area contributed by atoms with Crippen molar-refractivity contribution < 1.29 is 13.2 Å². The van der Waals surface area contributed by atoms with Crippen LogP contribution in [0.5, 0.6) is 0 Å². The summed E-state index contributed by atoms with van der Waals surface area (Å²) in [5.41, 5.74) is 6.34. The molecule has 20 heavy (non-hydrogen) atoms. The first-order chi connectivity index (χ1) is 9.53. The molecule has 0 atom stereocenters. The summed E-state index contributed by atoms with van der Waals surface area (Å²) in [6.45, 7) is 4.54. The van der Waals surface area contributed by atoms with Crippen LogP contribution in [0.3, 0.4) is 0 Å². The molecule has 3 N–H and O–H groups in total. The van der Waals surface area contributed by atoms with Gasteiger partial charge in [0.2, 0.25) is 10.0 Å². The van der Waals surface area contributed by atoms with Crippen molar-refractivity contribution in [3.63, 3.8) is 0 Å². The van der Waals surface area contributed by atoms with Crippen molar-refractivity contribution in [1.29, 1.82) is 0 Å². The van der Waals surface area contributed by atoms with Crippen LogP contribution in [0.4, 0.5) is 0 Å². The van der Waals surface area contributed by atoms with Gasteiger partial charge in [0.25, 0.3) is 0 Å². The van der Waals surface area contributed by atoms with Gasteiger partial charge in [-0.05, 0) is 6.07 Å². The molecular weight excluding hydrogens is 280 g/mol. The van der Waals surface area contributed by atoms with Crippen LogP contribution in [0.15, 0.2) is 17.2 Å². The molecule has 8 heteroatoms. The summed E-state index contributed by atoms with van der Waals surface area (Å²) < 4.78 is 33.9. The van der Waals surface area contributed by atoms with Crippen molar-refractivity contribution in [1.82, 2.24) is 14.2 Å². The highest BCUT2D eigenvalue weighted by Gasteiger charge is 2.17. The van der Waals surface area contributed by atoms with Crippen LogP contribution >= 0.6 is 0 Å². The van der Waals surface area contributed by atoms with Crippen LogP contribution < -0.4 is 10.5 Å². The fourth-order valence-corrected chi connectivity index (χ4v) is 3.29. The third kappa shape index (κ3) is 3.80. The number of aromatic nitrogens is 1. The summed E-state index contributed by atoms with van der Waals surface area (Å²) in [6, 6.07) is 1.61. The minimum Gasteiger partial charge on any atom is -0.379 e. The maximum absolute atomic E-state index is 12.1. The van der Waals surface area contributed by atoms with Gasteiger partial charge in [0.15, 0.2) is 0 Å². The second kappa shape index (κ2) is 6.68. The van der Waals surface area contributed by atoms with Gasteiger partial charge in [0.1, 0.15) is 0 Å². The minimum absolute atomic E-state index is 0.266. The third-order valence-corrected chi connectivity index (χ3v) is 4.85. The van der Waals surface area contributed by atoms with Crippen molar-refractivity contribution in [2.24, 2.45) is 12.8 Å². The fraction of sp³-hybridized carbons (Fsp3) is 0.667. The maximum atomic E-state index is 12.1. The van der Waals surface area contributed by atoms with E-state index in [1.54, 1.807) is 23.9 Å². The summed E-state index contributed by atoms with van der Waals surface area (Å²) in [5.74, 6) is 0. The van der Waals surface area contributed by atoms with Crippen molar-refractivity contribution in [3.8, 4) is 0 Å². The van der Waals surface area contributed by atoms with E-state index in [-0.39, 0.29) is 4.90 Å². The molecule has 1 aliphatic heterocycles. The molecule has 7 nitrogen and oxygen atoms in total. The largest absolute Gasteiger partial charge is 0.379 e. The minimum atomic E-state index is -3.46. The Morgan fingerprint density at radius 2 is 2.10 bits per heavy atom. The summed E-state index contributed by atoms with van der Waals surface area (Å²) in [7, 11) is -1.67. The van der Waals surface area contributed by atoms with Crippen LogP contribution in [-0.4, -0.2) is 57.3 Å². The first kappa shape index (κ1) is 15.5. The van der Waals surface area contributed by atoms with E-state index in [9.17, 15) is 8.42 Å². The van der Waals surface area contributed by atoms with Gasteiger partial charge < -0.3 is 15.0 Å². The predicted octanol–water partition coefficient (Wildman–Crippen LogP) is -0.906. The van der Waals surface area contributed by atoms with Gasteiger partial charge in [-0.3, -0.25) is 4.90 Å². The van der Waals surface area contributed by atoms with E-state index in [1.165, 1.54) is 0 Å². The van der Waals surface area contributed by atoms with Gasteiger partial charge in [-0.1, -0.05) is 0 Å². The molecule has 0 aromatic carbocycles. The molecule has 0 aliphatic carbocycles. The zero-order chi connectivity index (χ0) is 14.6. The van der Waals surface area contributed by atoms with E-state index in [0.717, 1.165) is 18.8 Å². The van der Waals surface area contributed by atoms with Crippen molar-refractivity contribution >= 4 is 10.0 Å². The van der Waals surface area contributed by atoms with Gasteiger partial charge >= 0.3 is 0 Å². The highest BCUT2D eigenvalue weighted by Crippen LogP contribution is 2.12. The monoisotopic (exact) mass is 302 g/mol. The SMILES string of the molecule is Cn1cc(S(=O)(=O)NCCN2CCOCC2)cc1CN. The van der Waals surface area contributed by atoms with Gasteiger partial charge in [0, 0.05) is 51.7 Å². The van der Waals surface area contributed by atoms with Gasteiger partial charge in [-0.25, -0.2) is 13.1 Å². The standard InChI is InChI=1S/C12H22N4O3S/c1-15-10-12(8-11(15)9-13)20(17,18)14-2-3-16-4-6-19-7-5-16/h8,10,14H,2-7,9,13H2,1H3. The van der Waals surface area contributed by atoms with Gasteiger partial charge in [-0.15, -0.1) is 0 Å². The Bertz CT molecular complexity index is 535. The van der Waals surface area contributed by atoms with E-state index >= 15 is 0 Å². The summed E-state index contributed by atoms with van der Waals surface area (Å²) in [6.07, 6.45) is 1.58. The molecule has 0 radical (unpaired) electrons. The molecule has 0 saturated carbocycles. The molecular formula is C12H22N4O3S. The Hall–Kier alpha value is -0.930. The van der Waals surface area contributed by atoms with Crippen LogP contribution in [0.25, 0.3) is 0 Å². The lowest BCUT2D eigenvalue weighted by molar-refractivity contribution is 0.0390. The fourth-order valence-electron chi connectivity index (χ4n) is 2.17. The molecule has 1 fully saturated rings. The summed E-state index contributed by atoms with van der Waals surface area (Å²) in [5, 5.41) is 0. The summed E-state index contributed by atoms with van der Waals surface area (Å²) in [4.78, 5) is 2.45. The van der Waals surface area contributed by atoms with Crippen LogP contribution in [0, 0.1) is 0 Å². The average Bonchev–Trinajstić information content (AvgIpc) is 2.82. The van der Waals surface area contributed by atoms with Crippen molar-refractivity contribution in [2.75, 3.05) is 39.4 Å².